The van der Waals surface area contributed by atoms with E-state index in [2.05, 4.69) is 39.9 Å². The van der Waals surface area contributed by atoms with E-state index in [1.54, 1.807) is 24.3 Å². The number of hydrogen-bond donors (Lipinski definition) is 2. The van der Waals surface area contributed by atoms with Crippen LogP contribution in [-0.2, 0) is 4.79 Å². The molecule has 118 valence electrons. The lowest BCUT2D eigenvalue weighted by Gasteiger charge is -2.33. The third-order valence-corrected chi connectivity index (χ3v) is 2.93. The third kappa shape index (κ3) is 7.59. The first kappa shape index (κ1) is 17.3. The van der Waals surface area contributed by atoms with Crippen LogP contribution in [0.4, 0.5) is 5.69 Å². The van der Waals surface area contributed by atoms with Gasteiger partial charge >= 0.3 is 0 Å². The van der Waals surface area contributed by atoms with Crippen LogP contribution in [0.25, 0.3) is 0 Å². The predicted octanol–water partition coefficient (Wildman–Crippen LogP) is 3.37. The maximum absolute atomic E-state index is 12.0. The molecule has 0 aliphatic carbocycles. The number of nitrogen functional groups attached to an aromatic ring is 1. The Kier molecular flexibility index (Phi) is 5.64. The molecule has 0 saturated heterocycles. The summed E-state index contributed by atoms with van der Waals surface area (Å²) in [5, 5.41) is 3.07. The monoisotopic (exact) mass is 292 g/mol. The van der Waals surface area contributed by atoms with Crippen LogP contribution in [0, 0.1) is 5.41 Å². The Bertz CT molecular complexity index is 459. The molecule has 0 aliphatic rings. The average Bonchev–Trinajstić information content (AvgIpc) is 2.27. The fourth-order valence-corrected chi connectivity index (χ4v) is 2.64. The van der Waals surface area contributed by atoms with Crippen LogP contribution in [0.5, 0.6) is 5.75 Å². The highest BCUT2D eigenvalue weighted by Gasteiger charge is 2.26. The van der Waals surface area contributed by atoms with E-state index in [4.69, 9.17) is 10.5 Å². The molecule has 0 aliphatic heterocycles. The first-order valence-corrected chi connectivity index (χ1v) is 7.37. The smallest absolute Gasteiger partial charge is 0.223 e. The van der Waals surface area contributed by atoms with E-state index in [9.17, 15) is 4.79 Å². The zero-order valence-electron chi connectivity index (χ0n) is 13.8. The maximum atomic E-state index is 12.0. The molecule has 0 atom stereocenters. The first-order chi connectivity index (χ1) is 9.57. The summed E-state index contributed by atoms with van der Waals surface area (Å²) in [5.41, 5.74) is 6.27. The van der Waals surface area contributed by atoms with Crippen molar-refractivity contribution in [2.75, 3.05) is 12.3 Å². The molecular formula is C17H28N2O2. The van der Waals surface area contributed by atoms with Crippen molar-refractivity contribution in [3.8, 4) is 5.75 Å². The van der Waals surface area contributed by atoms with Crippen LogP contribution in [0.15, 0.2) is 24.3 Å². The molecule has 1 amide bonds. The molecule has 3 N–H and O–H groups in total. The molecular weight excluding hydrogens is 264 g/mol. The Balaban J connectivity index is 2.35. The van der Waals surface area contributed by atoms with E-state index < -0.39 is 0 Å². The van der Waals surface area contributed by atoms with Gasteiger partial charge in [0.2, 0.25) is 5.91 Å². The van der Waals surface area contributed by atoms with Gasteiger partial charge in [0.1, 0.15) is 5.75 Å². The summed E-state index contributed by atoms with van der Waals surface area (Å²) in [6.45, 7) is 11.0. The van der Waals surface area contributed by atoms with Gasteiger partial charge in [-0.05, 0) is 49.9 Å². The van der Waals surface area contributed by atoms with Gasteiger partial charge in [0.25, 0.3) is 0 Å². The van der Waals surface area contributed by atoms with E-state index in [-0.39, 0.29) is 16.9 Å². The summed E-state index contributed by atoms with van der Waals surface area (Å²) in [7, 11) is 0. The second kappa shape index (κ2) is 6.83. The lowest BCUT2D eigenvalue weighted by atomic mass is 9.82. The Morgan fingerprint density at radius 3 is 2.24 bits per heavy atom. The summed E-state index contributed by atoms with van der Waals surface area (Å²) in [5.74, 6) is 0.741. The summed E-state index contributed by atoms with van der Waals surface area (Å²) >= 11 is 0. The molecule has 0 saturated carbocycles. The molecule has 1 aromatic carbocycles. The van der Waals surface area contributed by atoms with Crippen LogP contribution in [0.2, 0.25) is 0 Å². The van der Waals surface area contributed by atoms with E-state index >= 15 is 0 Å². The lowest BCUT2D eigenvalue weighted by molar-refractivity contribution is -0.123. The molecule has 0 aromatic heterocycles. The number of amides is 1. The summed E-state index contributed by atoms with van der Waals surface area (Å²) in [6, 6.07) is 7.16. The standard InChI is InChI=1S/C17H28N2O2/c1-16(2,3)12-17(4,5)19-15(20)10-11-21-14-8-6-13(18)7-9-14/h6-9H,10-12,18H2,1-5H3,(H,19,20). The number of hydrogen-bond acceptors (Lipinski definition) is 3. The van der Waals surface area contributed by atoms with E-state index in [1.807, 2.05) is 0 Å². The van der Waals surface area contributed by atoms with Crippen LogP contribution < -0.4 is 15.8 Å². The van der Waals surface area contributed by atoms with Gasteiger partial charge in [-0.2, -0.15) is 0 Å². The molecule has 21 heavy (non-hydrogen) atoms. The van der Waals surface area contributed by atoms with Crippen molar-refractivity contribution in [3.63, 3.8) is 0 Å². The largest absolute Gasteiger partial charge is 0.493 e. The van der Waals surface area contributed by atoms with Crippen LogP contribution in [0.3, 0.4) is 0 Å². The second-order valence-electron chi connectivity index (χ2n) is 7.34. The molecule has 4 heteroatoms. The Morgan fingerprint density at radius 1 is 1.14 bits per heavy atom. The Hall–Kier alpha value is -1.71. The summed E-state index contributed by atoms with van der Waals surface area (Å²) in [6.07, 6.45) is 1.27. The SMILES string of the molecule is CC(C)(C)CC(C)(C)NC(=O)CCOc1ccc(N)cc1. The number of benzene rings is 1. The maximum Gasteiger partial charge on any atom is 0.223 e. The molecule has 0 fully saturated rings. The first-order valence-electron chi connectivity index (χ1n) is 7.37. The third-order valence-electron chi connectivity index (χ3n) is 2.93. The molecule has 0 spiro atoms. The van der Waals surface area contributed by atoms with Crippen molar-refractivity contribution in [3.05, 3.63) is 24.3 Å². The minimum absolute atomic E-state index is 0.0136. The molecule has 0 heterocycles. The molecule has 1 rings (SSSR count). The zero-order valence-corrected chi connectivity index (χ0v) is 13.8. The predicted molar refractivity (Wildman–Crippen MR) is 87.3 cm³/mol. The van der Waals surface area contributed by atoms with Crippen molar-refractivity contribution >= 4 is 11.6 Å². The number of nitrogens with one attached hydrogen (secondary N) is 1. The number of anilines is 1. The van der Waals surface area contributed by atoms with Crippen LogP contribution in [-0.4, -0.2) is 18.1 Å². The van der Waals surface area contributed by atoms with Gasteiger partial charge < -0.3 is 15.8 Å². The van der Waals surface area contributed by atoms with Gasteiger partial charge in [-0.25, -0.2) is 0 Å². The average molecular weight is 292 g/mol. The fraction of sp³-hybridized carbons (Fsp3) is 0.588. The van der Waals surface area contributed by atoms with Crippen LogP contribution >= 0.6 is 0 Å². The number of carbonyl (C=O) groups excluding carboxylic acids is 1. The minimum atomic E-state index is -0.212. The normalized spacial score (nSPS) is 12.0. The van der Waals surface area contributed by atoms with Gasteiger partial charge in [0.15, 0.2) is 0 Å². The Labute approximate surface area is 128 Å². The topological polar surface area (TPSA) is 64.3 Å². The van der Waals surface area contributed by atoms with Crippen molar-refractivity contribution in [1.29, 1.82) is 0 Å². The number of rotatable bonds is 6. The van der Waals surface area contributed by atoms with E-state index in [1.165, 1.54) is 0 Å². The zero-order chi connectivity index (χ0) is 16.1. The fourth-order valence-electron chi connectivity index (χ4n) is 2.64. The number of ether oxygens (including phenoxy) is 1. The number of nitrogens with two attached hydrogens (primary N) is 1. The minimum Gasteiger partial charge on any atom is -0.493 e. The lowest BCUT2D eigenvalue weighted by Crippen LogP contribution is -2.46. The van der Waals surface area contributed by atoms with Gasteiger partial charge in [0.05, 0.1) is 13.0 Å². The quantitative estimate of drug-likeness (QED) is 0.790. The van der Waals surface area contributed by atoms with Crippen LogP contribution in [0.1, 0.15) is 47.5 Å². The molecule has 0 unspecified atom stereocenters. The molecule has 0 bridgehead atoms. The van der Waals surface area contributed by atoms with E-state index in [0.29, 0.717) is 18.7 Å². The van der Waals surface area contributed by atoms with Gasteiger partial charge in [-0.3, -0.25) is 4.79 Å². The van der Waals surface area contributed by atoms with Gasteiger partial charge in [-0.1, -0.05) is 20.8 Å². The highest BCUT2D eigenvalue weighted by atomic mass is 16.5. The highest BCUT2D eigenvalue weighted by molar-refractivity contribution is 5.76. The van der Waals surface area contributed by atoms with Crippen molar-refractivity contribution in [1.82, 2.24) is 5.32 Å². The van der Waals surface area contributed by atoms with Crippen molar-refractivity contribution < 1.29 is 9.53 Å². The molecule has 4 nitrogen and oxygen atoms in total. The van der Waals surface area contributed by atoms with Gasteiger partial charge in [0, 0.05) is 11.2 Å². The summed E-state index contributed by atoms with van der Waals surface area (Å²) < 4.78 is 5.53. The van der Waals surface area contributed by atoms with Crippen molar-refractivity contribution in [2.24, 2.45) is 5.41 Å². The van der Waals surface area contributed by atoms with Crippen molar-refractivity contribution in [2.45, 2.75) is 53.0 Å². The summed E-state index contributed by atoms with van der Waals surface area (Å²) in [4.78, 5) is 12.0. The Morgan fingerprint density at radius 2 is 1.71 bits per heavy atom. The second-order valence-corrected chi connectivity index (χ2v) is 7.34. The molecule has 1 aromatic rings. The molecule has 0 radical (unpaired) electrons. The number of carbonyl (C=O) groups is 1. The highest BCUT2D eigenvalue weighted by Crippen LogP contribution is 2.26. The van der Waals surface area contributed by atoms with Gasteiger partial charge in [-0.15, -0.1) is 0 Å². The van der Waals surface area contributed by atoms with E-state index in [0.717, 1.165) is 12.2 Å².